The molecule has 0 aromatic heterocycles. The number of carboxylic acid groups (broad SMARTS) is 1. The van der Waals surface area contributed by atoms with E-state index >= 15 is 0 Å². The molecule has 0 saturated carbocycles. The molecule has 0 bridgehead atoms. The molecule has 1 aromatic carbocycles. The van der Waals surface area contributed by atoms with Crippen molar-refractivity contribution < 1.29 is 19.1 Å². The fourth-order valence-electron chi connectivity index (χ4n) is 1.41. The fraction of sp³-hybridized carbons (Fsp3) is 0.333. The molecular weight excluding hydrogens is 275 g/mol. The molecule has 0 atom stereocenters. The van der Waals surface area contributed by atoms with E-state index in [-0.39, 0.29) is 23.7 Å². The van der Waals surface area contributed by atoms with Crippen LogP contribution >= 0.6 is 11.6 Å². The Kier molecular flexibility index (Phi) is 5.57. The molecule has 0 unspecified atom stereocenters. The SMILES string of the molecule is CCN(CCC(=O)O)C(=O)Nc1ccc(Cl)c(F)c1. The third-order valence-corrected chi connectivity index (χ3v) is 2.74. The quantitative estimate of drug-likeness (QED) is 0.875. The molecule has 104 valence electrons. The number of carbonyl (C=O) groups excluding carboxylic acids is 1. The summed E-state index contributed by atoms with van der Waals surface area (Å²) in [4.78, 5) is 23.6. The van der Waals surface area contributed by atoms with Gasteiger partial charge in [-0.15, -0.1) is 0 Å². The predicted octanol–water partition coefficient (Wildman–Crippen LogP) is 2.81. The summed E-state index contributed by atoms with van der Waals surface area (Å²) in [5, 5.41) is 11.0. The van der Waals surface area contributed by atoms with E-state index < -0.39 is 17.8 Å². The average Bonchev–Trinajstić information content (AvgIpc) is 2.34. The number of hydrogen-bond donors (Lipinski definition) is 2. The molecule has 0 aliphatic heterocycles. The summed E-state index contributed by atoms with van der Waals surface area (Å²) in [5.74, 6) is -1.61. The minimum Gasteiger partial charge on any atom is -0.481 e. The molecule has 2 amide bonds. The fourth-order valence-corrected chi connectivity index (χ4v) is 1.53. The number of rotatable bonds is 5. The van der Waals surface area contributed by atoms with Crippen LogP contribution in [-0.4, -0.2) is 35.1 Å². The first kappa shape index (κ1) is 15.2. The minimum absolute atomic E-state index is 0.0313. The Labute approximate surface area is 115 Å². The summed E-state index contributed by atoms with van der Waals surface area (Å²) in [5.41, 5.74) is 0.265. The summed E-state index contributed by atoms with van der Waals surface area (Å²) < 4.78 is 13.2. The van der Waals surface area contributed by atoms with Gasteiger partial charge >= 0.3 is 12.0 Å². The number of nitrogens with zero attached hydrogens (tertiary/aromatic N) is 1. The van der Waals surface area contributed by atoms with Crippen LogP contribution in [0.4, 0.5) is 14.9 Å². The molecule has 1 rings (SSSR count). The van der Waals surface area contributed by atoms with Crippen molar-refractivity contribution in [3.63, 3.8) is 0 Å². The van der Waals surface area contributed by atoms with Gasteiger partial charge in [-0.2, -0.15) is 0 Å². The second-order valence-electron chi connectivity index (χ2n) is 3.78. The van der Waals surface area contributed by atoms with Crippen molar-refractivity contribution >= 4 is 29.3 Å². The molecule has 0 spiro atoms. The highest BCUT2D eigenvalue weighted by Crippen LogP contribution is 2.18. The molecule has 2 N–H and O–H groups in total. The Hall–Kier alpha value is -1.82. The molecule has 7 heteroatoms. The lowest BCUT2D eigenvalue weighted by Gasteiger charge is -2.20. The van der Waals surface area contributed by atoms with Crippen molar-refractivity contribution in [3.8, 4) is 0 Å². The lowest BCUT2D eigenvalue weighted by Crippen LogP contribution is -2.36. The summed E-state index contributed by atoms with van der Waals surface area (Å²) in [6, 6.07) is 3.42. The van der Waals surface area contributed by atoms with Crippen LogP contribution in [-0.2, 0) is 4.79 Å². The van der Waals surface area contributed by atoms with E-state index in [0.717, 1.165) is 6.07 Å². The first-order chi connectivity index (χ1) is 8.93. The molecule has 0 heterocycles. The Morgan fingerprint density at radius 2 is 2.16 bits per heavy atom. The molecule has 0 aliphatic carbocycles. The number of urea groups is 1. The highest BCUT2D eigenvalue weighted by molar-refractivity contribution is 6.30. The van der Waals surface area contributed by atoms with Gasteiger partial charge in [0.05, 0.1) is 11.4 Å². The van der Waals surface area contributed by atoms with Gasteiger partial charge in [0.1, 0.15) is 5.82 Å². The van der Waals surface area contributed by atoms with Crippen LogP contribution in [0.3, 0.4) is 0 Å². The number of carboxylic acids is 1. The zero-order chi connectivity index (χ0) is 14.4. The summed E-state index contributed by atoms with van der Waals surface area (Å²) in [6.45, 7) is 2.17. The number of amides is 2. The molecule has 0 saturated heterocycles. The van der Waals surface area contributed by atoms with Crippen LogP contribution in [0.1, 0.15) is 13.3 Å². The number of carbonyl (C=O) groups is 2. The lowest BCUT2D eigenvalue weighted by atomic mass is 10.3. The maximum atomic E-state index is 13.2. The van der Waals surface area contributed by atoms with Gasteiger partial charge in [0.25, 0.3) is 0 Å². The highest BCUT2D eigenvalue weighted by Gasteiger charge is 2.13. The second kappa shape index (κ2) is 6.94. The van der Waals surface area contributed by atoms with E-state index in [9.17, 15) is 14.0 Å². The molecule has 1 aromatic rings. The first-order valence-electron chi connectivity index (χ1n) is 5.66. The van der Waals surface area contributed by atoms with Crippen LogP contribution in [0.2, 0.25) is 5.02 Å². The van der Waals surface area contributed by atoms with E-state index in [1.54, 1.807) is 6.92 Å². The maximum Gasteiger partial charge on any atom is 0.321 e. The van der Waals surface area contributed by atoms with Gasteiger partial charge in [-0.05, 0) is 25.1 Å². The first-order valence-corrected chi connectivity index (χ1v) is 6.04. The maximum absolute atomic E-state index is 13.2. The van der Waals surface area contributed by atoms with E-state index in [1.165, 1.54) is 17.0 Å². The van der Waals surface area contributed by atoms with Crippen LogP contribution in [0.15, 0.2) is 18.2 Å². The second-order valence-corrected chi connectivity index (χ2v) is 4.19. The number of anilines is 1. The van der Waals surface area contributed by atoms with Gasteiger partial charge in [-0.3, -0.25) is 4.79 Å². The molecular formula is C12H14ClFN2O3. The van der Waals surface area contributed by atoms with Gasteiger partial charge in [-0.1, -0.05) is 11.6 Å². The smallest absolute Gasteiger partial charge is 0.321 e. The Bertz CT molecular complexity index is 482. The summed E-state index contributed by atoms with van der Waals surface area (Å²) in [6.07, 6.45) is -0.143. The van der Waals surface area contributed by atoms with Crippen molar-refractivity contribution in [2.24, 2.45) is 0 Å². The zero-order valence-electron chi connectivity index (χ0n) is 10.3. The predicted molar refractivity (Wildman–Crippen MR) is 69.9 cm³/mol. The van der Waals surface area contributed by atoms with Crippen LogP contribution in [0.5, 0.6) is 0 Å². The number of nitrogens with one attached hydrogen (secondary N) is 1. The van der Waals surface area contributed by atoms with Gasteiger partial charge in [-0.25, -0.2) is 9.18 Å². The van der Waals surface area contributed by atoms with Gasteiger partial charge in [0.2, 0.25) is 0 Å². The minimum atomic E-state index is -0.983. The number of aliphatic carboxylic acids is 1. The summed E-state index contributed by atoms with van der Waals surface area (Å²) >= 11 is 5.53. The Morgan fingerprint density at radius 3 is 2.68 bits per heavy atom. The van der Waals surface area contributed by atoms with Crippen molar-refractivity contribution in [1.82, 2.24) is 4.90 Å². The highest BCUT2D eigenvalue weighted by atomic mass is 35.5. The van der Waals surface area contributed by atoms with Gasteiger partial charge < -0.3 is 15.3 Å². The van der Waals surface area contributed by atoms with Crippen molar-refractivity contribution in [2.45, 2.75) is 13.3 Å². The van der Waals surface area contributed by atoms with E-state index in [4.69, 9.17) is 16.7 Å². The van der Waals surface area contributed by atoms with Crippen LogP contribution in [0.25, 0.3) is 0 Å². The Morgan fingerprint density at radius 1 is 1.47 bits per heavy atom. The normalized spacial score (nSPS) is 10.1. The molecule has 0 radical (unpaired) electrons. The topological polar surface area (TPSA) is 69.6 Å². The van der Waals surface area contributed by atoms with Crippen LogP contribution in [0, 0.1) is 5.82 Å². The molecule has 19 heavy (non-hydrogen) atoms. The van der Waals surface area contributed by atoms with Crippen molar-refractivity contribution in [1.29, 1.82) is 0 Å². The molecule has 5 nitrogen and oxygen atoms in total. The zero-order valence-corrected chi connectivity index (χ0v) is 11.1. The lowest BCUT2D eigenvalue weighted by molar-refractivity contribution is -0.137. The van der Waals surface area contributed by atoms with E-state index in [0.29, 0.717) is 6.54 Å². The van der Waals surface area contributed by atoms with Crippen molar-refractivity contribution in [3.05, 3.63) is 29.0 Å². The number of halogens is 2. The number of hydrogen-bond acceptors (Lipinski definition) is 2. The van der Waals surface area contributed by atoms with Gasteiger partial charge in [0.15, 0.2) is 0 Å². The van der Waals surface area contributed by atoms with Crippen molar-refractivity contribution in [2.75, 3.05) is 18.4 Å². The molecule has 0 fully saturated rings. The third kappa shape index (κ3) is 4.75. The largest absolute Gasteiger partial charge is 0.481 e. The Balaban J connectivity index is 2.65. The monoisotopic (exact) mass is 288 g/mol. The molecule has 0 aliphatic rings. The third-order valence-electron chi connectivity index (χ3n) is 2.44. The number of benzene rings is 1. The van der Waals surface area contributed by atoms with Gasteiger partial charge in [0, 0.05) is 18.8 Å². The standard InChI is InChI=1S/C12H14ClFN2O3/c1-2-16(6-5-11(17)18)12(19)15-8-3-4-9(13)10(14)7-8/h3-4,7H,2,5-6H2,1H3,(H,15,19)(H,17,18). The van der Waals surface area contributed by atoms with Crippen LogP contribution < -0.4 is 5.32 Å². The summed E-state index contributed by atoms with van der Waals surface area (Å²) in [7, 11) is 0. The average molecular weight is 289 g/mol. The van der Waals surface area contributed by atoms with E-state index in [1.807, 2.05) is 0 Å². The van der Waals surface area contributed by atoms with E-state index in [2.05, 4.69) is 5.32 Å².